The van der Waals surface area contributed by atoms with Crippen LogP contribution in [0.2, 0.25) is 0 Å². The SMILES string of the molecule is Cc1sc(NC(=O)c2ccccc2[N+](=O)[O-])nc1-c1ccc(F)c(F)c1. The zero-order valence-corrected chi connectivity index (χ0v) is 14.1. The highest BCUT2D eigenvalue weighted by Gasteiger charge is 2.21. The van der Waals surface area contributed by atoms with Gasteiger partial charge in [0.05, 0.1) is 10.6 Å². The topological polar surface area (TPSA) is 85.1 Å². The predicted molar refractivity (Wildman–Crippen MR) is 93.3 cm³/mol. The summed E-state index contributed by atoms with van der Waals surface area (Å²) in [6, 6.07) is 8.94. The van der Waals surface area contributed by atoms with Gasteiger partial charge >= 0.3 is 0 Å². The zero-order chi connectivity index (χ0) is 18.8. The number of amides is 1. The van der Waals surface area contributed by atoms with Gasteiger partial charge in [-0.2, -0.15) is 0 Å². The zero-order valence-electron chi connectivity index (χ0n) is 13.3. The van der Waals surface area contributed by atoms with Crippen LogP contribution in [0.3, 0.4) is 0 Å². The van der Waals surface area contributed by atoms with Gasteiger partial charge < -0.3 is 0 Å². The normalized spacial score (nSPS) is 10.6. The Morgan fingerprint density at radius 2 is 1.92 bits per heavy atom. The van der Waals surface area contributed by atoms with Crippen LogP contribution in [-0.4, -0.2) is 15.8 Å². The van der Waals surface area contributed by atoms with E-state index in [0.717, 1.165) is 23.5 Å². The minimum absolute atomic E-state index is 0.0975. The number of aromatic nitrogens is 1. The summed E-state index contributed by atoms with van der Waals surface area (Å²) in [5, 5.41) is 13.7. The first-order valence-corrected chi connectivity index (χ1v) is 8.16. The summed E-state index contributed by atoms with van der Waals surface area (Å²) in [5.41, 5.74) is 0.342. The van der Waals surface area contributed by atoms with Gasteiger partial charge in [-0.1, -0.05) is 12.1 Å². The van der Waals surface area contributed by atoms with E-state index in [1.165, 1.54) is 30.3 Å². The lowest BCUT2D eigenvalue weighted by Gasteiger charge is -2.02. The van der Waals surface area contributed by atoms with Crippen molar-refractivity contribution in [2.24, 2.45) is 0 Å². The molecule has 0 saturated carbocycles. The Balaban J connectivity index is 1.89. The minimum atomic E-state index is -1.000. The van der Waals surface area contributed by atoms with E-state index in [4.69, 9.17) is 0 Å². The van der Waals surface area contributed by atoms with E-state index in [-0.39, 0.29) is 16.4 Å². The number of thiazole rings is 1. The van der Waals surface area contributed by atoms with Crippen molar-refractivity contribution in [2.75, 3.05) is 5.32 Å². The van der Waals surface area contributed by atoms with Crippen LogP contribution in [-0.2, 0) is 0 Å². The van der Waals surface area contributed by atoms with E-state index < -0.39 is 22.5 Å². The molecule has 3 aromatic rings. The van der Waals surface area contributed by atoms with Gasteiger partial charge in [0.2, 0.25) is 0 Å². The van der Waals surface area contributed by atoms with Crippen molar-refractivity contribution in [3.8, 4) is 11.3 Å². The summed E-state index contributed by atoms with van der Waals surface area (Å²) >= 11 is 1.13. The number of benzene rings is 2. The highest BCUT2D eigenvalue weighted by atomic mass is 32.1. The van der Waals surface area contributed by atoms with Gasteiger partial charge in [0.25, 0.3) is 11.6 Å². The quantitative estimate of drug-likeness (QED) is 0.535. The second kappa shape index (κ2) is 6.96. The summed E-state index contributed by atoms with van der Waals surface area (Å²) in [7, 11) is 0. The van der Waals surface area contributed by atoms with Gasteiger partial charge in [0.15, 0.2) is 16.8 Å². The Labute approximate surface area is 150 Å². The van der Waals surface area contributed by atoms with Crippen molar-refractivity contribution in [1.82, 2.24) is 4.98 Å². The third-order valence-corrected chi connectivity index (χ3v) is 4.44. The van der Waals surface area contributed by atoms with E-state index in [0.29, 0.717) is 16.1 Å². The Morgan fingerprint density at radius 1 is 1.19 bits per heavy atom. The molecule has 132 valence electrons. The maximum atomic E-state index is 13.4. The maximum absolute atomic E-state index is 13.4. The molecule has 0 radical (unpaired) electrons. The molecule has 0 aliphatic rings. The Kier molecular flexibility index (Phi) is 4.72. The average molecular weight is 375 g/mol. The van der Waals surface area contributed by atoms with Gasteiger partial charge in [0, 0.05) is 16.5 Å². The van der Waals surface area contributed by atoms with Crippen LogP contribution in [0.5, 0.6) is 0 Å². The number of aryl methyl sites for hydroxylation is 1. The lowest BCUT2D eigenvalue weighted by molar-refractivity contribution is -0.385. The van der Waals surface area contributed by atoms with Crippen molar-refractivity contribution in [2.45, 2.75) is 6.92 Å². The summed E-state index contributed by atoms with van der Waals surface area (Å²) in [4.78, 5) is 27.6. The molecular weight excluding hydrogens is 364 g/mol. The lowest BCUT2D eigenvalue weighted by Crippen LogP contribution is -2.13. The van der Waals surface area contributed by atoms with Crippen LogP contribution >= 0.6 is 11.3 Å². The van der Waals surface area contributed by atoms with Gasteiger partial charge in [-0.3, -0.25) is 20.2 Å². The number of halogens is 2. The second-order valence-electron chi connectivity index (χ2n) is 5.28. The van der Waals surface area contributed by atoms with Crippen LogP contribution in [0, 0.1) is 28.7 Å². The number of anilines is 1. The molecule has 0 fully saturated rings. The second-order valence-corrected chi connectivity index (χ2v) is 6.48. The number of hydrogen-bond acceptors (Lipinski definition) is 5. The summed E-state index contributed by atoms with van der Waals surface area (Å²) in [6.45, 7) is 1.72. The van der Waals surface area contributed by atoms with Crippen molar-refractivity contribution >= 4 is 28.1 Å². The number of carbonyl (C=O) groups excluding carboxylic acids is 1. The molecule has 9 heteroatoms. The van der Waals surface area contributed by atoms with Crippen molar-refractivity contribution in [3.63, 3.8) is 0 Å². The minimum Gasteiger partial charge on any atom is -0.298 e. The first-order chi connectivity index (χ1) is 12.4. The summed E-state index contributed by atoms with van der Waals surface area (Å²) in [6.07, 6.45) is 0. The number of carbonyl (C=O) groups is 1. The van der Waals surface area contributed by atoms with E-state index in [9.17, 15) is 23.7 Å². The molecule has 0 bridgehead atoms. The molecule has 26 heavy (non-hydrogen) atoms. The Hall–Kier alpha value is -3.20. The van der Waals surface area contributed by atoms with E-state index >= 15 is 0 Å². The van der Waals surface area contributed by atoms with Gasteiger partial charge in [-0.15, -0.1) is 11.3 Å². The van der Waals surface area contributed by atoms with E-state index in [1.54, 1.807) is 6.92 Å². The number of nitrogens with one attached hydrogen (secondary N) is 1. The van der Waals surface area contributed by atoms with Crippen LogP contribution in [0.4, 0.5) is 19.6 Å². The van der Waals surface area contributed by atoms with Crippen LogP contribution in [0.15, 0.2) is 42.5 Å². The fraction of sp³-hybridized carbons (Fsp3) is 0.0588. The van der Waals surface area contributed by atoms with Crippen molar-refractivity contribution in [3.05, 3.63) is 74.7 Å². The molecule has 0 saturated heterocycles. The molecule has 0 spiro atoms. The van der Waals surface area contributed by atoms with Gasteiger partial charge in [0.1, 0.15) is 5.56 Å². The Morgan fingerprint density at radius 3 is 2.62 bits per heavy atom. The molecule has 1 N–H and O–H groups in total. The molecule has 1 heterocycles. The molecule has 0 atom stereocenters. The van der Waals surface area contributed by atoms with Crippen LogP contribution < -0.4 is 5.32 Å². The number of para-hydroxylation sites is 1. The van der Waals surface area contributed by atoms with Crippen molar-refractivity contribution < 1.29 is 18.5 Å². The molecule has 0 aliphatic carbocycles. The average Bonchev–Trinajstić information content (AvgIpc) is 2.97. The highest BCUT2D eigenvalue weighted by Crippen LogP contribution is 2.31. The molecule has 6 nitrogen and oxygen atoms in total. The standard InChI is InChI=1S/C17H11F2N3O3S/c1-9-15(10-6-7-12(18)13(19)8-10)20-17(26-9)21-16(23)11-4-2-3-5-14(11)22(24)25/h2-8H,1H3,(H,20,21,23). The monoisotopic (exact) mass is 375 g/mol. The summed E-state index contributed by atoms with van der Waals surface area (Å²) in [5.74, 6) is -2.64. The fourth-order valence-corrected chi connectivity index (χ4v) is 3.18. The van der Waals surface area contributed by atoms with Gasteiger partial charge in [-0.25, -0.2) is 13.8 Å². The fourth-order valence-electron chi connectivity index (χ4n) is 2.35. The molecule has 0 unspecified atom stereocenters. The maximum Gasteiger partial charge on any atom is 0.282 e. The molecule has 1 amide bonds. The smallest absolute Gasteiger partial charge is 0.282 e. The first kappa shape index (κ1) is 17.6. The molecular formula is C17H11F2N3O3S. The number of nitrogens with zero attached hydrogens (tertiary/aromatic N) is 2. The highest BCUT2D eigenvalue weighted by molar-refractivity contribution is 7.16. The van der Waals surface area contributed by atoms with E-state index in [2.05, 4.69) is 10.3 Å². The number of rotatable bonds is 4. The molecule has 1 aromatic heterocycles. The molecule has 3 rings (SSSR count). The first-order valence-electron chi connectivity index (χ1n) is 7.34. The third kappa shape index (κ3) is 3.42. The van der Waals surface area contributed by atoms with E-state index in [1.807, 2.05) is 0 Å². The third-order valence-electron chi connectivity index (χ3n) is 3.56. The van der Waals surface area contributed by atoms with Gasteiger partial charge in [-0.05, 0) is 31.2 Å². The van der Waals surface area contributed by atoms with Crippen molar-refractivity contribution in [1.29, 1.82) is 0 Å². The Bertz CT molecular complexity index is 1020. The largest absolute Gasteiger partial charge is 0.298 e. The lowest BCUT2D eigenvalue weighted by atomic mass is 10.1. The predicted octanol–water partition coefficient (Wildman–Crippen LogP) is 4.56. The molecule has 2 aromatic carbocycles. The molecule has 0 aliphatic heterocycles. The number of hydrogen-bond donors (Lipinski definition) is 1. The number of nitro groups is 1. The summed E-state index contributed by atoms with van der Waals surface area (Å²) < 4.78 is 26.5. The van der Waals surface area contributed by atoms with Crippen LogP contribution in [0.1, 0.15) is 15.2 Å². The number of nitro benzene ring substituents is 1. The van der Waals surface area contributed by atoms with Crippen LogP contribution in [0.25, 0.3) is 11.3 Å².